The molecule has 0 aromatic carbocycles. The number of nitrogens with one attached hydrogen (secondary N) is 2. The van der Waals surface area contributed by atoms with Gasteiger partial charge in [0.15, 0.2) is 0 Å². The van der Waals surface area contributed by atoms with Gasteiger partial charge in [0.05, 0.1) is 6.61 Å². The van der Waals surface area contributed by atoms with Gasteiger partial charge in [0.2, 0.25) is 5.91 Å². The molecular formula is C12H22N2O3. The normalized spacial score (nSPS) is 29.7. The zero-order valence-electron chi connectivity index (χ0n) is 10.3. The summed E-state index contributed by atoms with van der Waals surface area (Å²) in [5.74, 6) is 0.139. The van der Waals surface area contributed by atoms with Gasteiger partial charge in [-0.3, -0.25) is 4.79 Å². The van der Waals surface area contributed by atoms with Crippen molar-refractivity contribution in [2.75, 3.05) is 26.2 Å². The third-order valence-corrected chi connectivity index (χ3v) is 4.09. The van der Waals surface area contributed by atoms with Gasteiger partial charge in [-0.15, -0.1) is 0 Å². The molecule has 2 rings (SSSR count). The zero-order chi connectivity index (χ0) is 12.5. The lowest BCUT2D eigenvalue weighted by atomic mass is 9.91. The Hall–Kier alpha value is -0.650. The van der Waals surface area contributed by atoms with Crippen molar-refractivity contribution < 1.29 is 15.0 Å². The molecule has 5 nitrogen and oxygen atoms in total. The Bertz CT molecular complexity index is 298. The number of aliphatic hydroxyl groups excluding tert-OH is 1. The number of hydrogen-bond donors (Lipinski definition) is 4. The maximum Gasteiger partial charge on any atom is 0.223 e. The van der Waals surface area contributed by atoms with E-state index >= 15 is 0 Å². The van der Waals surface area contributed by atoms with Crippen LogP contribution < -0.4 is 10.6 Å². The van der Waals surface area contributed by atoms with Gasteiger partial charge < -0.3 is 20.8 Å². The second-order valence-corrected chi connectivity index (χ2v) is 5.74. The molecule has 2 fully saturated rings. The third-order valence-electron chi connectivity index (χ3n) is 4.09. The lowest BCUT2D eigenvalue weighted by Gasteiger charge is -2.24. The molecular weight excluding hydrogens is 220 g/mol. The van der Waals surface area contributed by atoms with Gasteiger partial charge in [0.25, 0.3) is 0 Å². The third kappa shape index (κ3) is 2.78. The Morgan fingerprint density at radius 3 is 2.76 bits per heavy atom. The lowest BCUT2D eigenvalue weighted by molar-refractivity contribution is -0.124. The minimum absolute atomic E-state index is 0.0284. The summed E-state index contributed by atoms with van der Waals surface area (Å²) in [5.41, 5.74) is -0.994. The minimum Gasteiger partial charge on any atom is -0.393 e. The van der Waals surface area contributed by atoms with Crippen molar-refractivity contribution in [3.8, 4) is 0 Å². The Balaban J connectivity index is 1.79. The summed E-state index contributed by atoms with van der Waals surface area (Å²) in [6, 6.07) is 0. The fraction of sp³-hybridized carbons (Fsp3) is 0.917. The van der Waals surface area contributed by atoms with E-state index in [9.17, 15) is 9.90 Å². The number of piperidine rings is 1. The highest BCUT2D eigenvalue weighted by Crippen LogP contribution is 2.58. The van der Waals surface area contributed by atoms with Crippen LogP contribution >= 0.6 is 0 Å². The minimum atomic E-state index is -1.22. The van der Waals surface area contributed by atoms with Crippen LogP contribution in [0.2, 0.25) is 0 Å². The second kappa shape index (κ2) is 4.55. The number of carbonyl (C=O) groups excluding carboxylic acids is 1. The van der Waals surface area contributed by atoms with Gasteiger partial charge in [0.1, 0.15) is 5.60 Å². The quantitative estimate of drug-likeness (QED) is 0.522. The lowest BCUT2D eigenvalue weighted by Crippen LogP contribution is -2.44. The Morgan fingerprint density at radius 2 is 2.18 bits per heavy atom. The van der Waals surface area contributed by atoms with Crippen molar-refractivity contribution in [2.45, 2.75) is 31.8 Å². The maximum atomic E-state index is 11.9. The van der Waals surface area contributed by atoms with E-state index in [2.05, 4.69) is 10.6 Å². The van der Waals surface area contributed by atoms with Crippen LogP contribution in [0.5, 0.6) is 0 Å². The predicted molar refractivity (Wildman–Crippen MR) is 63.4 cm³/mol. The molecule has 1 spiro atoms. The first-order valence-corrected chi connectivity index (χ1v) is 6.31. The molecule has 4 N–H and O–H groups in total. The number of hydrogen-bond acceptors (Lipinski definition) is 4. The number of aliphatic hydroxyl groups is 2. The fourth-order valence-electron chi connectivity index (χ4n) is 2.65. The van der Waals surface area contributed by atoms with E-state index in [1.165, 1.54) is 6.92 Å². The molecule has 0 bridgehead atoms. The van der Waals surface area contributed by atoms with Crippen LogP contribution in [0.25, 0.3) is 0 Å². The summed E-state index contributed by atoms with van der Waals surface area (Å²) in [4.78, 5) is 11.9. The number of rotatable bonds is 4. The highest BCUT2D eigenvalue weighted by Gasteiger charge is 2.57. The Morgan fingerprint density at radius 1 is 1.53 bits per heavy atom. The number of amides is 1. The van der Waals surface area contributed by atoms with Crippen LogP contribution in [0, 0.1) is 11.3 Å². The molecule has 1 saturated carbocycles. The molecule has 1 saturated heterocycles. The maximum absolute atomic E-state index is 11.9. The van der Waals surface area contributed by atoms with Crippen LogP contribution in [0.3, 0.4) is 0 Å². The monoisotopic (exact) mass is 242 g/mol. The van der Waals surface area contributed by atoms with Crippen molar-refractivity contribution in [1.29, 1.82) is 0 Å². The van der Waals surface area contributed by atoms with Crippen molar-refractivity contribution in [2.24, 2.45) is 11.3 Å². The largest absolute Gasteiger partial charge is 0.393 e. The standard InChI is InChI=1S/C12H22N2O3/c1-11(17,8-15)7-14-10(16)9-6-12(9)2-4-13-5-3-12/h9,13,15,17H,2-8H2,1H3,(H,14,16). The average Bonchev–Trinajstić information content (AvgIpc) is 3.01. The SMILES string of the molecule is CC(O)(CO)CNC(=O)C1CC12CCNCC2. The molecule has 2 unspecified atom stereocenters. The molecule has 0 aromatic rings. The summed E-state index contributed by atoms with van der Waals surface area (Å²) in [7, 11) is 0. The average molecular weight is 242 g/mol. The van der Waals surface area contributed by atoms with Crippen LogP contribution in [0.1, 0.15) is 26.2 Å². The summed E-state index contributed by atoms with van der Waals surface area (Å²) in [6.07, 6.45) is 3.12. The van der Waals surface area contributed by atoms with Crippen molar-refractivity contribution in [3.63, 3.8) is 0 Å². The van der Waals surface area contributed by atoms with Gasteiger partial charge >= 0.3 is 0 Å². The Kier molecular flexibility index (Phi) is 3.43. The molecule has 2 atom stereocenters. The van der Waals surface area contributed by atoms with E-state index < -0.39 is 5.60 Å². The van der Waals surface area contributed by atoms with Crippen LogP contribution in [-0.4, -0.2) is 48.0 Å². The second-order valence-electron chi connectivity index (χ2n) is 5.74. The zero-order valence-corrected chi connectivity index (χ0v) is 10.3. The summed E-state index contributed by atoms with van der Waals surface area (Å²) >= 11 is 0. The van der Waals surface area contributed by atoms with Gasteiger partial charge in [0, 0.05) is 12.5 Å². The molecule has 1 aliphatic carbocycles. The van der Waals surface area contributed by atoms with E-state index in [4.69, 9.17) is 5.11 Å². The summed E-state index contributed by atoms with van der Waals surface area (Å²) < 4.78 is 0. The molecule has 1 heterocycles. The van der Waals surface area contributed by atoms with Gasteiger partial charge in [-0.25, -0.2) is 0 Å². The van der Waals surface area contributed by atoms with Crippen LogP contribution in [0.4, 0.5) is 0 Å². The first-order chi connectivity index (χ1) is 7.99. The van der Waals surface area contributed by atoms with Crippen molar-refractivity contribution in [1.82, 2.24) is 10.6 Å². The van der Waals surface area contributed by atoms with Crippen molar-refractivity contribution >= 4 is 5.91 Å². The van der Waals surface area contributed by atoms with Gasteiger partial charge in [-0.05, 0) is 44.7 Å². The molecule has 1 aliphatic heterocycles. The summed E-state index contributed by atoms with van der Waals surface area (Å²) in [5, 5.41) is 24.5. The first kappa shape index (κ1) is 12.8. The molecule has 2 aliphatic rings. The van der Waals surface area contributed by atoms with E-state index in [-0.39, 0.29) is 30.4 Å². The van der Waals surface area contributed by atoms with E-state index in [0.717, 1.165) is 32.4 Å². The summed E-state index contributed by atoms with van der Waals surface area (Å²) in [6.45, 7) is 3.29. The van der Waals surface area contributed by atoms with Crippen LogP contribution in [0.15, 0.2) is 0 Å². The molecule has 98 valence electrons. The Labute approximate surface area is 102 Å². The molecule has 17 heavy (non-hydrogen) atoms. The van der Waals surface area contributed by atoms with E-state index in [1.807, 2.05) is 0 Å². The molecule has 0 aromatic heterocycles. The van der Waals surface area contributed by atoms with Crippen LogP contribution in [-0.2, 0) is 4.79 Å². The molecule has 1 amide bonds. The van der Waals surface area contributed by atoms with E-state index in [0.29, 0.717) is 0 Å². The highest BCUT2D eigenvalue weighted by atomic mass is 16.3. The molecule has 5 heteroatoms. The topological polar surface area (TPSA) is 81.6 Å². The molecule has 0 radical (unpaired) electrons. The smallest absolute Gasteiger partial charge is 0.223 e. The number of carbonyl (C=O) groups is 1. The van der Waals surface area contributed by atoms with Crippen molar-refractivity contribution in [3.05, 3.63) is 0 Å². The highest BCUT2D eigenvalue weighted by molar-refractivity contribution is 5.82. The van der Waals surface area contributed by atoms with Gasteiger partial charge in [-0.1, -0.05) is 0 Å². The fourth-order valence-corrected chi connectivity index (χ4v) is 2.65. The predicted octanol–water partition coefficient (Wildman–Crippen LogP) is -0.764. The van der Waals surface area contributed by atoms with E-state index in [1.54, 1.807) is 0 Å². The van der Waals surface area contributed by atoms with Gasteiger partial charge in [-0.2, -0.15) is 0 Å². The first-order valence-electron chi connectivity index (χ1n) is 6.31.